The number of ether oxygens (including phenoxy) is 2. The number of hydrogen-bond donors (Lipinski definition) is 3. The molecule has 3 N–H and O–H groups in total. The van der Waals surface area contributed by atoms with Crippen molar-refractivity contribution in [2.45, 2.75) is 16.7 Å². The van der Waals surface area contributed by atoms with Gasteiger partial charge in [0.2, 0.25) is 0 Å². The van der Waals surface area contributed by atoms with Gasteiger partial charge in [0.25, 0.3) is 26.0 Å². The van der Waals surface area contributed by atoms with E-state index in [4.69, 9.17) is 9.47 Å². The van der Waals surface area contributed by atoms with Gasteiger partial charge in [0.1, 0.15) is 11.5 Å². The summed E-state index contributed by atoms with van der Waals surface area (Å²) in [5.41, 5.74) is 1.93. The maximum Gasteiger partial charge on any atom is 0.262 e. The van der Waals surface area contributed by atoms with Crippen LogP contribution in [-0.2, 0) is 20.0 Å². The van der Waals surface area contributed by atoms with Crippen LogP contribution in [0.25, 0.3) is 0 Å². The lowest BCUT2D eigenvalue weighted by molar-refractivity contribution is 0.102. The third kappa shape index (κ3) is 6.71. The molecule has 1 amide bonds. The first-order chi connectivity index (χ1) is 19.0. The largest absolute Gasteiger partial charge is 0.497 e. The Bertz CT molecular complexity index is 1740. The van der Waals surface area contributed by atoms with Crippen LogP contribution in [0.2, 0.25) is 0 Å². The summed E-state index contributed by atoms with van der Waals surface area (Å²) in [6.07, 6.45) is 0. The van der Waals surface area contributed by atoms with Crippen molar-refractivity contribution in [3.63, 3.8) is 0 Å². The molecular weight excluding hydrogens is 554 g/mol. The zero-order chi connectivity index (χ0) is 28.9. The molecule has 0 aliphatic heterocycles. The summed E-state index contributed by atoms with van der Waals surface area (Å²) >= 11 is 0. The van der Waals surface area contributed by atoms with Gasteiger partial charge in [0, 0.05) is 23.0 Å². The first-order valence-electron chi connectivity index (χ1n) is 11.9. The minimum atomic E-state index is -3.96. The van der Waals surface area contributed by atoms with E-state index in [-0.39, 0.29) is 32.5 Å². The third-order valence-corrected chi connectivity index (χ3v) is 8.56. The van der Waals surface area contributed by atoms with E-state index in [1.54, 1.807) is 30.3 Å². The second-order valence-corrected chi connectivity index (χ2v) is 12.0. The Labute approximate surface area is 233 Å². The molecule has 4 aromatic rings. The Hall–Kier alpha value is -4.55. The van der Waals surface area contributed by atoms with Crippen LogP contribution in [0.3, 0.4) is 0 Å². The van der Waals surface area contributed by atoms with E-state index in [9.17, 15) is 21.6 Å². The molecule has 0 heterocycles. The van der Waals surface area contributed by atoms with Gasteiger partial charge in [-0.05, 0) is 73.7 Å². The molecule has 4 rings (SSSR count). The van der Waals surface area contributed by atoms with Crippen molar-refractivity contribution in [3.05, 3.63) is 102 Å². The number of hydrogen-bond acceptors (Lipinski definition) is 7. The van der Waals surface area contributed by atoms with Gasteiger partial charge in [-0.3, -0.25) is 14.2 Å². The molecule has 10 nitrogen and oxygen atoms in total. The molecule has 0 atom stereocenters. The highest BCUT2D eigenvalue weighted by Crippen LogP contribution is 2.31. The molecule has 0 saturated heterocycles. The number of carbonyl (C=O) groups excluding carboxylic acids is 1. The molecule has 40 heavy (non-hydrogen) atoms. The van der Waals surface area contributed by atoms with E-state index in [1.165, 1.54) is 74.9 Å². The van der Waals surface area contributed by atoms with Crippen LogP contribution in [0.1, 0.15) is 15.9 Å². The average molecular weight is 582 g/mol. The summed E-state index contributed by atoms with van der Waals surface area (Å²) in [6.45, 7) is 1.86. The van der Waals surface area contributed by atoms with E-state index in [2.05, 4.69) is 14.8 Å². The summed E-state index contributed by atoms with van der Waals surface area (Å²) in [5, 5.41) is 2.68. The highest BCUT2D eigenvalue weighted by molar-refractivity contribution is 7.93. The fourth-order valence-electron chi connectivity index (χ4n) is 3.66. The molecule has 12 heteroatoms. The minimum absolute atomic E-state index is 0.0316. The first-order valence-corrected chi connectivity index (χ1v) is 14.8. The summed E-state index contributed by atoms with van der Waals surface area (Å²) < 4.78 is 66.5. The van der Waals surface area contributed by atoms with Crippen molar-refractivity contribution in [2.24, 2.45) is 0 Å². The van der Waals surface area contributed by atoms with Crippen LogP contribution in [0.4, 0.5) is 17.1 Å². The van der Waals surface area contributed by atoms with Crippen LogP contribution >= 0.6 is 0 Å². The van der Waals surface area contributed by atoms with Crippen molar-refractivity contribution < 1.29 is 31.1 Å². The van der Waals surface area contributed by atoms with Crippen LogP contribution in [-0.4, -0.2) is 37.0 Å². The highest BCUT2D eigenvalue weighted by Gasteiger charge is 2.18. The zero-order valence-corrected chi connectivity index (χ0v) is 23.5. The molecule has 0 aliphatic carbocycles. The number of anilines is 3. The van der Waals surface area contributed by atoms with E-state index in [0.717, 1.165) is 5.56 Å². The second-order valence-electron chi connectivity index (χ2n) is 8.65. The van der Waals surface area contributed by atoms with E-state index in [0.29, 0.717) is 11.4 Å². The molecule has 0 spiro atoms. The summed E-state index contributed by atoms with van der Waals surface area (Å²) in [4.78, 5) is 12.9. The normalized spacial score (nSPS) is 11.4. The molecule has 0 aromatic heterocycles. The van der Waals surface area contributed by atoms with Crippen LogP contribution in [0.5, 0.6) is 11.5 Å². The monoisotopic (exact) mass is 581 g/mol. The quantitative estimate of drug-likeness (QED) is 0.243. The van der Waals surface area contributed by atoms with Gasteiger partial charge in [-0.2, -0.15) is 0 Å². The van der Waals surface area contributed by atoms with E-state index >= 15 is 0 Å². The molecule has 0 unspecified atom stereocenters. The molecule has 0 bridgehead atoms. The zero-order valence-electron chi connectivity index (χ0n) is 21.8. The summed E-state index contributed by atoms with van der Waals surface area (Å²) in [5.74, 6) is 0.289. The number of carbonyl (C=O) groups is 1. The molecular formula is C28H27N3O7S2. The van der Waals surface area contributed by atoms with Gasteiger partial charge in [0.15, 0.2) is 0 Å². The number of benzene rings is 4. The van der Waals surface area contributed by atoms with Gasteiger partial charge in [-0.1, -0.05) is 23.8 Å². The summed E-state index contributed by atoms with van der Waals surface area (Å²) in [7, 11) is -4.89. The van der Waals surface area contributed by atoms with Crippen molar-refractivity contribution >= 4 is 43.0 Å². The lowest BCUT2D eigenvalue weighted by Crippen LogP contribution is -2.16. The van der Waals surface area contributed by atoms with Crippen molar-refractivity contribution in [2.75, 3.05) is 29.0 Å². The lowest BCUT2D eigenvalue weighted by atomic mass is 10.2. The number of aryl methyl sites for hydroxylation is 1. The van der Waals surface area contributed by atoms with E-state index in [1.807, 2.05) is 6.92 Å². The number of methoxy groups -OCH3 is 2. The fourth-order valence-corrected chi connectivity index (χ4v) is 5.78. The van der Waals surface area contributed by atoms with Crippen molar-refractivity contribution in [1.29, 1.82) is 0 Å². The van der Waals surface area contributed by atoms with Crippen LogP contribution < -0.4 is 24.2 Å². The summed E-state index contributed by atoms with van der Waals surface area (Å²) in [6, 6.07) is 22.7. The maximum atomic E-state index is 12.9. The Morgan fingerprint density at radius 1 is 0.675 bits per heavy atom. The smallest absolute Gasteiger partial charge is 0.262 e. The number of nitrogens with one attached hydrogen (secondary N) is 3. The van der Waals surface area contributed by atoms with Gasteiger partial charge in [-0.15, -0.1) is 0 Å². The third-order valence-electron chi connectivity index (χ3n) is 5.78. The Morgan fingerprint density at radius 2 is 1.30 bits per heavy atom. The van der Waals surface area contributed by atoms with Gasteiger partial charge in [0.05, 0.1) is 29.7 Å². The Kier molecular flexibility index (Phi) is 8.31. The first kappa shape index (κ1) is 28.5. The standard InChI is InChI=1S/C28H27N3O7S2/c1-19-7-12-24(13-8-19)39(33,34)30-22-6-4-5-20(17-22)28(32)29-21-9-14-25(15-10-21)40(35,36)31-26-16-11-23(37-2)18-27(26)38-3/h4-18,30-31H,1-3H3,(H,29,32). The molecule has 0 fully saturated rings. The van der Waals surface area contributed by atoms with Crippen LogP contribution in [0, 0.1) is 6.92 Å². The Balaban J connectivity index is 1.45. The van der Waals surface area contributed by atoms with Gasteiger partial charge in [-0.25, -0.2) is 16.8 Å². The Morgan fingerprint density at radius 3 is 1.93 bits per heavy atom. The molecule has 0 aliphatic rings. The lowest BCUT2D eigenvalue weighted by Gasteiger charge is -2.13. The maximum absolute atomic E-state index is 12.9. The predicted octanol–water partition coefficient (Wildman–Crippen LogP) is 4.87. The topological polar surface area (TPSA) is 140 Å². The molecule has 4 aromatic carbocycles. The second kappa shape index (κ2) is 11.7. The molecule has 208 valence electrons. The SMILES string of the molecule is COc1ccc(NS(=O)(=O)c2ccc(NC(=O)c3cccc(NS(=O)(=O)c4ccc(C)cc4)c3)cc2)c(OC)c1. The number of amides is 1. The van der Waals surface area contributed by atoms with Gasteiger partial charge < -0.3 is 14.8 Å². The minimum Gasteiger partial charge on any atom is -0.497 e. The van der Waals surface area contributed by atoms with Crippen LogP contribution in [0.15, 0.2) is 101 Å². The van der Waals surface area contributed by atoms with Crippen molar-refractivity contribution in [1.82, 2.24) is 0 Å². The fraction of sp³-hybridized carbons (Fsp3) is 0.107. The molecule has 0 saturated carbocycles. The molecule has 0 radical (unpaired) electrons. The predicted molar refractivity (Wildman–Crippen MR) is 153 cm³/mol. The van der Waals surface area contributed by atoms with Crippen molar-refractivity contribution in [3.8, 4) is 11.5 Å². The van der Waals surface area contributed by atoms with Gasteiger partial charge >= 0.3 is 0 Å². The number of rotatable bonds is 10. The average Bonchev–Trinajstić information content (AvgIpc) is 2.93. The highest BCUT2D eigenvalue weighted by atomic mass is 32.2. The van der Waals surface area contributed by atoms with E-state index < -0.39 is 26.0 Å². The number of sulfonamides is 2.